The molecule has 0 spiro atoms. The van der Waals surface area contributed by atoms with Gasteiger partial charge in [0, 0.05) is 25.6 Å². The van der Waals surface area contributed by atoms with Crippen molar-refractivity contribution < 1.29 is 9.53 Å². The first kappa shape index (κ1) is 17.1. The van der Waals surface area contributed by atoms with E-state index in [4.69, 9.17) is 16.3 Å². The lowest BCUT2D eigenvalue weighted by molar-refractivity contribution is -0.127. The zero-order valence-corrected chi connectivity index (χ0v) is 13.2. The summed E-state index contributed by atoms with van der Waals surface area (Å²) in [6.07, 6.45) is -0.549. The Morgan fingerprint density at radius 2 is 2.25 bits per heavy atom. The van der Waals surface area contributed by atoms with E-state index in [0.29, 0.717) is 23.2 Å². The van der Waals surface area contributed by atoms with E-state index in [2.05, 4.69) is 10.6 Å². The number of hydrogen-bond donors (Lipinski definition) is 2. The monoisotopic (exact) mass is 318 g/mol. The van der Waals surface area contributed by atoms with Crippen molar-refractivity contribution in [3.63, 3.8) is 0 Å². The van der Waals surface area contributed by atoms with E-state index >= 15 is 0 Å². The molecule has 0 aliphatic carbocycles. The third-order valence-corrected chi connectivity index (χ3v) is 3.50. The highest BCUT2D eigenvalue weighted by Gasteiger charge is 2.20. The Kier molecular flexibility index (Phi) is 6.59. The molecule has 20 heavy (non-hydrogen) atoms. The third-order valence-electron chi connectivity index (χ3n) is 3.19. The van der Waals surface area contributed by atoms with Gasteiger partial charge in [0.15, 0.2) is 6.10 Å². The Hall–Kier alpha value is -0.970. The normalized spacial score (nSPS) is 15.8. The summed E-state index contributed by atoms with van der Waals surface area (Å²) < 4.78 is 5.61. The summed E-state index contributed by atoms with van der Waals surface area (Å²) in [5, 5.41) is 6.58. The predicted octanol–water partition coefficient (Wildman–Crippen LogP) is 2.17. The predicted molar refractivity (Wildman–Crippen MR) is 82.9 cm³/mol. The second kappa shape index (κ2) is 7.72. The van der Waals surface area contributed by atoms with Gasteiger partial charge in [-0.05, 0) is 31.5 Å². The largest absolute Gasteiger partial charge is 0.479 e. The Bertz CT molecular complexity index is 464. The molecule has 1 aliphatic heterocycles. The van der Waals surface area contributed by atoms with Crippen molar-refractivity contribution in [3.8, 4) is 5.75 Å². The van der Waals surface area contributed by atoms with Crippen molar-refractivity contribution in [3.05, 3.63) is 28.8 Å². The molecule has 1 heterocycles. The highest BCUT2D eigenvalue weighted by atomic mass is 35.5. The molecule has 2 N–H and O–H groups in total. The van der Waals surface area contributed by atoms with E-state index < -0.39 is 6.10 Å². The Balaban J connectivity index is 0.00000200. The Morgan fingerprint density at radius 3 is 2.85 bits per heavy atom. The Morgan fingerprint density at radius 1 is 1.55 bits per heavy atom. The molecule has 1 unspecified atom stereocenters. The number of carbonyl (C=O) groups excluding carboxylic acids is 1. The minimum absolute atomic E-state index is 0. The molecule has 1 aromatic carbocycles. The minimum Gasteiger partial charge on any atom is -0.479 e. The van der Waals surface area contributed by atoms with Crippen molar-refractivity contribution in [1.29, 1.82) is 0 Å². The number of benzene rings is 1. The molecule has 1 aromatic rings. The first-order valence-corrected chi connectivity index (χ1v) is 6.85. The molecule has 1 fully saturated rings. The summed E-state index contributed by atoms with van der Waals surface area (Å²) in [7, 11) is 0. The molecule has 112 valence electrons. The highest BCUT2D eigenvalue weighted by Crippen LogP contribution is 2.26. The maximum Gasteiger partial charge on any atom is 0.260 e. The van der Waals surface area contributed by atoms with E-state index in [1.807, 2.05) is 19.1 Å². The zero-order valence-electron chi connectivity index (χ0n) is 11.6. The molecule has 1 saturated heterocycles. The quantitative estimate of drug-likeness (QED) is 0.874. The second-order valence-electron chi connectivity index (χ2n) is 4.96. The van der Waals surface area contributed by atoms with Crippen molar-refractivity contribution >= 4 is 29.9 Å². The van der Waals surface area contributed by atoms with Gasteiger partial charge in [0.2, 0.25) is 0 Å². The SMILES string of the molecule is Cc1ccc(Cl)c(OC(C)C(=O)NCC2CNC2)c1.Cl. The maximum atomic E-state index is 11.9. The summed E-state index contributed by atoms with van der Waals surface area (Å²) in [4.78, 5) is 11.9. The van der Waals surface area contributed by atoms with Gasteiger partial charge in [0.05, 0.1) is 5.02 Å². The van der Waals surface area contributed by atoms with Gasteiger partial charge < -0.3 is 15.4 Å². The first-order valence-electron chi connectivity index (χ1n) is 6.47. The molecule has 1 aliphatic rings. The number of aryl methyl sites for hydroxylation is 1. The van der Waals surface area contributed by atoms with Crippen LogP contribution in [0.3, 0.4) is 0 Å². The average Bonchev–Trinajstić information content (AvgIpc) is 2.31. The van der Waals surface area contributed by atoms with E-state index in [1.54, 1.807) is 13.0 Å². The smallest absolute Gasteiger partial charge is 0.260 e. The van der Waals surface area contributed by atoms with Crippen LogP contribution in [0.15, 0.2) is 18.2 Å². The molecular formula is C14H20Cl2N2O2. The first-order chi connectivity index (χ1) is 9.06. The fourth-order valence-corrected chi connectivity index (χ4v) is 1.99. The van der Waals surface area contributed by atoms with Crippen LogP contribution in [-0.2, 0) is 4.79 Å². The van der Waals surface area contributed by atoms with Crippen LogP contribution in [0.25, 0.3) is 0 Å². The summed E-state index contributed by atoms with van der Waals surface area (Å²) in [5.74, 6) is 0.984. The Labute approximate surface area is 130 Å². The lowest BCUT2D eigenvalue weighted by atomic mass is 10.0. The standard InChI is InChI=1S/C14H19ClN2O2.ClH/c1-9-3-4-12(15)13(5-9)19-10(2)14(18)17-8-11-6-16-7-11;/h3-5,10-11,16H,6-8H2,1-2H3,(H,17,18);1H. The number of rotatable bonds is 5. The van der Waals surface area contributed by atoms with E-state index in [-0.39, 0.29) is 18.3 Å². The average molecular weight is 319 g/mol. The lowest BCUT2D eigenvalue weighted by Gasteiger charge is -2.27. The molecule has 4 nitrogen and oxygen atoms in total. The van der Waals surface area contributed by atoms with Gasteiger partial charge in [-0.15, -0.1) is 12.4 Å². The van der Waals surface area contributed by atoms with Gasteiger partial charge in [-0.2, -0.15) is 0 Å². The van der Waals surface area contributed by atoms with Crippen LogP contribution >= 0.6 is 24.0 Å². The summed E-state index contributed by atoms with van der Waals surface area (Å²) in [5.41, 5.74) is 1.05. The van der Waals surface area contributed by atoms with Crippen LogP contribution in [0, 0.1) is 12.8 Å². The van der Waals surface area contributed by atoms with Crippen molar-refractivity contribution in [2.75, 3.05) is 19.6 Å². The van der Waals surface area contributed by atoms with Crippen LogP contribution in [0.1, 0.15) is 12.5 Å². The summed E-state index contributed by atoms with van der Waals surface area (Å²) in [6, 6.07) is 5.52. The van der Waals surface area contributed by atoms with Crippen LogP contribution < -0.4 is 15.4 Å². The molecule has 0 bridgehead atoms. The van der Waals surface area contributed by atoms with Crippen molar-refractivity contribution in [1.82, 2.24) is 10.6 Å². The lowest BCUT2D eigenvalue weighted by Crippen LogP contribution is -2.49. The van der Waals surface area contributed by atoms with Gasteiger partial charge in [0.1, 0.15) is 5.75 Å². The van der Waals surface area contributed by atoms with Crippen LogP contribution in [0.5, 0.6) is 5.75 Å². The van der Waals surface area contributed by atoms with Gasteiger partial charge in [-0.25, -0.2) is 0 Å². The maximum absolute atomic E-state index is 11.9. The van der Waals surface area contributed by atoms with Crippen molar-refractivity contribution in [2.24, 2.45) is 5.92 Å². The van der Waals surface area contributed by atoms with Gasteiger partial charge in [-0.1, -0.05) is 17.7 Å². The van der Waals surface area contributed by atoms with Gasteiger partial charge >= 0.3 is 0 Å². The number of amides is 1. The van der Waals surface area contributed by atoms with Crippen molar-refractivity contribution in [2.45, 2.75) is 20.0 Å². The fraction of sp³-hybridized carbons (Fsp3) is 0.500. The van der Waals surface area contributed by atoms with Crippen LogP contribution in [-0.4, -0.2) is 31.6 Å². The second-order valence-corrected chi connectivity index (χ2v) is 5.37. The van der Waals surface area contributed by atoms with E-state index in [0.717, 1.165) is 18.7 Å². The summed E-state index contributed by atoms with van der Waals surface area (Å²) in [6.45, 7) is 6.32. The molecule has 0 aromatic heterocycles. The van der Waals surface area contributed by atoms with E-state index in [1.165, 1.54) is 0 Å². The molecule has 0 saturated carbocycles. The number of carbonyl (C=O) groups is 1. The minimum atomic E-state index is -0.549. The molecule has 1 amide bonds. The number of halogens is 2. The third kappa shape index (κ3) is 4.54. The zero-order chi connectivity index (χ0) is 13.8. The molecule has 1 atom stereocenters. The van der Waals surface area contributed by atoms with Crippen LogP contribution in [0.2, 0.25) is 5.02 Å². The highest BCUT2D eigenvalue weighted by molar-refractivity contribution is 6.32. The molecule has 0 radical (unpaired) electrons. The molecular weight excluding hydrogens is 299 g/mol. The molecule has 2 rings (SSSR count). The number of ether oxygens (including phenoxy) is 1. The number of hydrogen-bond acceptors (Lipinski definition) is 3. The number of nitrogens with one attached hydrogen (secondary N) is 2. The summed E-state index contributed by atoms with van der Waals surface area (Å²) >= 11 is 6.04. The van der Waals surface area contributed by atoms with Gasteiger partial charge in [-0.3, -0.25) is 4.79 Å². The van der Waals surface area contributed by atoms with Crippen LogP contribution in [0.4, 0.5) is 0 Å². The van der Waals surface area contributed by atoms with Gasteiger partial charge in [0.25, 0.3) is 5.91 Å². The molecule has 6 heteroatoms. The van der Waals surface area contributed by atoms with E-state index in [9.17, 15) is 4.79 Å². The topological polar surface area (TPSA) is 50.4 Å². The fourth-order valence-electron chi connectivity index (χ4n) is 1.83.